The zero-order valence-corrected chi connectivity index (χ0v) is 15.5. The fraction of sp³-hybridized carbons (Fsp3) is 0.684. The number of aliphatic hydroxyl groups excluding tert-OH is 1. The number of methoxy groups -OCH3 is 2. The van der Waals surface area contributed by atoms with Gasteiger partial charge in [0.05, 0.1) is 19.8 Å². The lowest BCUT2D eigenvalue weighted by Crippen LogP contribution is -2.35. The highest BCUT2D eigenvalue weighted by molar-refractivity contribution is 5.28. The lowest BCUT2D eigenvalue weighted by Gasteiger charge is -2.25. The first-order chi connectivity index (χ1) is 11.5. The second-order valence-electron chi connectivity index (χ2n) is 6.52. The van der Waals surface area contributed by atoms with Gasteiger partial charge in [0.15, 0.2) is 0 Å². The molecule has 0 heterocycles. The molecule has 24 heavy (non-hydrogen) atoms. The maximum absolute atomic E-state index is 10.2. The summed E-state index contributed by atoms with van der Waals surface area (Å²) >= 11 is 0. The van der Waals surface area contributed by atoms with Gasteiger partial charge in [-0.25, -0.2) is 0 Å². The Kier molecular flexibility index (Phi) is 10.7. The van der Waals surface area contributed by atoms with E-state index in [4.69, 9.17) is 14.2 Å². The molecule has 1 N–H and O–H groups in total. The molecule has 0 fully saturated rings. The van der Waals surface area contributed by atoms with Gasteiger partial charge in [0, 0.05) is 40.0 Å². The topological polar surface area (TPSA) is 51.2 Å². The van der Waals surface area contributed by atoms with Crippen LogP contribution in [0, 0.1) is 5.92 Å². The Bertz CT molecular complexity index is 439. The fourth-order valence-electron chi connectivity index (χ4n) is 2.49. The number of ether oxygens (including phenoxy) is 3. The van der Waals surface area contributed by atoms with E-state index in [-0.39, 0.29) is 0 Å². The number of nitrogens with zero attached hydrogens (tertiary/aromatic N) is 1. The first-order valence-corrected chi connectivity index (χ1v) is 8.65. The molecule has 0 aromatic heterocycles. The van der Waals surface area contributed by atoms with E-state index in [1.54, 1.807) is 14.2 Å². The molecule has 1 rings (SSSR count). The third-order valence-corrected chi connectivity index (χ3v) is 3.59. The van der Waals surface area contributed by atoms with Crippen LogP contribution in [0.3, 0.4) is 0 Å². The molecule has 5 heteroatoms. The first kappa shape index (κ1) is 20.9. The van der Waals surface area contributed by atoms with Crippen molar-refractivity contribution in [3.8, 4) is 5.75 Å². The molecule has 138 valence electrons. The van der Waals surface area contributed by atoms with Gasteiger partial charge in [0.1, 0.15) is 5.75 Å². The molecule has 0 amide bonds. The molecular weight excluding hydrogens is 306 g/mol. The van der Waals surface area contributed by atoms with Gasteiger partial charge < -0.3 is 19.3 Å². The van der Waals surface area contributed by atoms with Crippen LogP contribution in [0.1, 0.15) is 25.8 Å². The van der Waals surface area contributed by atoms with Gasteiger partial charge in [0.2, 0.25) is 0 Å². The molecule has 1 unspecified atom stereocenters. The molecule has 0 saturated carbocycles. The molecule has 0 aliphatic carbocycles. The molecule has 0 radical (unpaired) electrons. The minimum Gasteiger partial charge on any atom is -0.497 e. The zero-order chi connectivity index (χ0) is 17.8. The smallest absolute Gasteiger partial charge is 0.119 e. The van der Waals surface area contributed by atoms with Crippen molar-refractivity contribution in [2.24, 2.45) is 5.92 Å². The Morgan fingerprint density at radius 2 is 1.96 bits per heavy atom. The van der Waals surface area contributed by atoms with Crippen molar-refractivity contribution >= 4 is 0 Å². The van der Waals surface area contributed by atoms with E-state index in [9.17, 15) is 5.11 Å². The summed E-state index contributed by atoms with van der Waals surface area (Å²) in [7, 11) is 3.38. The van der Waals surface area contributed by atoms with Crippen LogP contribution in [0.5, 0.6) is 5.75 Å². The third kappa shape index (κ3) is 9.23. The summed E-state index contributed by atoms with van der Waals surface area (Å²) in [6.07, 6.45) is 0.442. The maximum atomic E-state index is 10.2. The number of rotatable bonds is 13. The van der Waals surface area contributed by atoms with E-state index in [0.717, 1.165) is 25.3 Å². The molecular formula is C19H33NO4. The Balaban J connectivity index is 2.55. The van der Waals surface area contributed by atoms with Crippen LogP contribution in [-0.2, 0) is 16.0 Å². The van der Waals surface area contributed by atoms with Gasteiger partial charge >= 0.3 is 0 Å². The molecule has 1 aromatic carbocycles. The molecule has 0 bridgehead atoms. The number of benzene rings is 1. The molecule has 0 aliphatic rings. The van der Waals surface area contributed by atoms with Gasteiger partial charge in [-0.3, -0.25) is 4.90 Å². The van der Waals surface area contributed by atoms with E-state index in [1.807, 2.05) is 18.2 Å². The first-order valence-electron chi connectivity index (χ1n) is 8.65. The second kappa shape index (κ2) is 12.3. The summed E-state index contributed by atoms with van der Waals surface area (Å²) in [5.41, 5.74) is 1.17. The minimum absolute atomic E-state index is 0.372. The van der Waals surface area contributed by atoms with E-state index < -0.39 is 6.10 Å². The SMILES string of the molecule is COCCCN(Cc1cccc(OC)c1)CC(O)COCC(C)C. The normalized spacial score (nSPS) is 12.8. The van der Waals surface area contributed by atoms with Crippen LogP contribution >= 0.6 is 0 Å². The van der Waals surface area contributed by atoms with Gasteiger partial charge in [-0.1, -0.05) is 26.0 Å². The van der Waals surface area contributed by atoms with Crippen LogP contribution in [0.15, 0.2) is 24.3 Å². The summed E-state index contributed by atoms with van der Waals surface area (Å²) in [5, 5.41) is 10.2. The van der Waals surface area contributed by atoms with Gasteiger partial charge in [0.25, 0.3) is 0 Å². The molecule has 1 aromatic rings. The highest BCUT2D eigenvalue weighted by Crippen LogP contribution is 2.15. The molecule has 5 nitrogen and oxygen atoms in total. The lowest BCUT2D eigenvalue weighted by molar-refractivity contribution is 0.00580. The van der Waals surface area contributed by atoms with Gasteiger partial charge in [-0.05, 0) is 30.0 Å². The van der Waals surface area contributed by atoms with Crippen molar-refractivity contribution in [2.45, 2.75) is 32.9 Å². The van der Waals surface area contributed by atoms with Crippen LogP contribution in [0.25, 0.3) is 0 Å². The number of hydrogen-bond acceptors (Lipinski definition) is 5. The van der Waals surface area contributed by atoms with Crippen molar-refractivity contribution in [3.05, 3.63) is 29.8 Å². The highest BCUT2D eigenvalue weighted by Gasteiger charge is 2.13. The van der Waals surface area contributed by atoms with Crippen LogP contribution < -0.4 is 4.74 Å². The molecule has 0 saturated heterocycles. The summed E-state index contributed by atoms with van der Waals surface area (Å²) in [6, 6.07) is 8.04. The Labute approximate surface area is 146 Å². The predicted molar refractivity (Wildman–Crippen MR) is 96.4 cm³/mol. The van der Waals surface area contributed by atoms with E-state index in [2.05, 4.69) is 24.8 Å². The molecule has 0 spiro atoms. The summed E-state index contributed by atoms with van der Waals surface area (Å²) in [6.45, 7) is 8.19. The minimum atomic E-state index is -0.489. The van der Waals surface area contributed by atoms with E-state index in [1.165, 1.54) is 5.56 Å². The van der Waals surface area contributed by atoms with Crippen LogP contribution in [0.2, 0.25) is 0 Å². The number of aliphatic hydroxyl groups is 1. The summed E-state index contributed by atoms with van der Waals surface area (Å²) in [5.74, 6) is 1.33. The highest BCUT2D eigenvalue weighted by atomic mass is 16.5. The average Bonchev–Trinajstić information content (AvgIpc) is 2.54. The molecule has 0 aliphatic heterocycles. The van der Waals surface area contributed by atoms with Crippen molar-refractivity contribution in [2.75, 3.05) is 47.1 Å². The summed E-state index contributed by atoms with van der Waals surface area (Å²) < 4.78 is 16.0. The lowest BCUT2D eigenvalue weighted by atomic mass is 10.2. The Morgan fingerprint density at radius 1 is 1.17 bits per heavy atom. The predicted octanol–water partition coefficient (Wildman–Crippen LogP) is 2.57. The average molecular weight is 339 g/mol. The van der Waals surface area contributed by atoms with Crippen molar-refractivity contribution < 1.29 is 19.3 Å². The van der Waals surface area contributed by atoms with E-state index >= 15 is 0 Å². The van der Waals surface area contributed by atoms with Crippen molar-refractivity contribution in [1.29, 1.82) is 0 Å². The Morgan fingerprint density at radius 3 is 2.62 bits per heavy atom. The number of hydrogen-bond donors (Lipinski definition) is 1. The third-order valence-electron chi connectivity index (χ3n) is 3.59. The Hall–Kier alpha value is -1.14. The zero-order valence-electron chi connectivity index (χ0n) is 15.5. The quantitative estimate of drug-likeness (QED) is 0.560. The van der Waals surface area contributed by atoms with Crippen LogP contribution in [-0.4, -0.2) is 63.2 Å². The van der Waals surface area contributed by atoms with Gasteiger partial charge in [-0.15, -0.1) is 0 Å². The monoisotopic (exact) mass is 339 g/mol. The van der Waals surface area contributed by atoms with E-state index in [0.29, 0.717) is 32.3 Å². The fourth-order valence-corrected chi connectivity index (χ4v) is 2.49. The standard InChI is InChI=1S/C19H33NO4/c1-16(2)14-24-15-18(21)13-20(9-6-10-22-3)12-17-7-5-8-19(11-17)23-4/h5,7-8,11,16,18,21H,6,9-10,12-15H2,1-4H3. The van der Waals surface area contributed by atoms with Gasteiger partial charge in [-0.2, -0.15) is 0 Å². The summed E-state index contributed by atoms with van der Waals surface area (Å²) in [4.78, 5) is 2.23. The van der Waals surface area contributed by atoms with Crippen molar-refractivity contribution in [3.63, 3.8) is 0 Å². The second-order valence-corrected chi connectivity index (χ2v) is 6.52. The van der Waals surface area contributed by atoms with Crippen molar-refractivity contribution in [1.82, 2.24) is 4.90 Å². The van der Waals surface area contributed by atoms with Crippen LogP contribution in [0.4, 0.5) is 0 Å². The molecule has 1 atom stereocenters. The maximum Gasteiger partial charge on any atom is 0.119 e. The largest absolute Gasteiger partial charge is 0.497 e.